The topological polar surface area (TPSA) is 55.8 Å². The van der Waals surface area contributed by atoms with Gasteiger partial charge in [0.1, 0.15) is 0 Å². The first kappa shape index (κ1) is 18.7. The number of carboxylic acids is 1. The first-order chi connectivity index (χ1) is 11.1. The summed E-state index contributed by atoms with van der Waals surface area (Å²) in [5.74, 6) is -1.99. The number of alkyl halides is 3. The molecule has 1 aromatic carbocycles. The van der Waals surface area contributed by atoms with Crippen LogP contribution in [0, 0.1) is 6.92 Å². The SMILES string of the molecule is CCCOc1c(C)c(Cl)c(Cl)c2c1OC(C(F)(F)F)C(C(=O)O)=C2. The maximum atomic E-state index is 13.2. The predicted octanol–water partition coefficient (Wildman–Crippen LogP) is 4.88. The Labute approximate surface area is 145 Å². The van der Waals surface area contributed by atoms with Crippen LogP contribution in [0.4, 0.5) is 13.2 Å². The van der Waals surface area contributed by atoms with E-state index in [9.17, 15) is 18.0 Å². The van der Waals surface area contributed by atoms with Gasteiger partial charge in [0.2, 0.25) is 6.10 Å². The summed E-state index contributed by atoms with van der Waals surface area (Å²) >= 11 is 12.2. The van der Waals surface area contributed by atoms with E-state index in [-0.39, 0.29) is 33.7 Å². The number of hydrogen-bond acceptors (Lipinski definition) is 3. The largest absolute Gasteiger partial charge is 0.489 e. The molecule has 0 aromatic heterocycles. The zero-order valence-corrected chi connectivity index (χ0v) is 14.1. The molecule has 0 amide bonds. The van der Waals surface area contributed by atoms with Crippen molar-refractivity contribution in [3.63, 3.8) is 0 Å². The van der Waals surface area contributed by atoms with Crippen molar-refractivity contribution in [1.29, 1.82) is 0 Å². The standard InChI is InChI=1S/C15H13Cl2F3O4/c1-3-4-23-11-6(2)9(16)10(17)7-5-8(14(21)22)13(15(18,19)20)24-12(7)11/h5,13H,3-4H2,1-2H3,(H,21,22). The highest BCUT2D eigenvalue weighted by Crippen LogP contribution is 2.50. The maximum absolute atomic E-state index is 13.2. The van der Waals surface area contributed by atoms with Crippen LogP contribution in [0.25, 0.3) is 6.08 Å². The zero-order valence-electron chi connectivity index (χ0n) is 12.6. The molecule has 1 aromatic rings. The number of carbonyl (C=O) groups is 1. The zero-order chi connectivity index (χ0) is 18.2. The molecule has 2 rings (SSSR count). The summed E-state index contributed by atoms with van der Waals surface area (Å²) in [5, 5.41) is 9.04. The minimum atomic E-state index is -4.91. The lowest BCUT2D eigenvalue weighted by molar-refractivity contribution is -0.187. The van der Waals surface area contributed by atoms with Crippen LogP contribution in [-0.4, -0.2) is 30.0 Å². The molecule has 0 spiro atoms. The van der Waals surface area contributed by atoms with Gasteiger partial charge < -0.3 is 14.6 Å². The van der Waals surface area contributed by atoms with Crippen molar-refractivity contribution in [2.45, 2.75) is 32.5 Å². The summed E-state index contributed by atoms with van der Waals surface area (Å²) in [6, 6.07) is 0. The van der Waals surface area contributed by atoms with E-state index in [0.29, 0.717) is 12.0 Å². The molecule has 9 heteroatoms. The van der Waals surface area contributed by atoms with Crippen molar-refractivity contribution >= 4 is 35.2 Å². The Morgan fingerprint density at radius 1 is 1.38 bits per heavy atom. The first-order valence-corrected chi connectivity index (χ1v) is 7.67. The molecule has 1 aliphatic rings. The molecule has 1 heterocycles. The predicted molar refractivity (Wildman–Crippen MR) is 83.1 cm³/mol. The smallest absolute Gasteiger partial charge is 0.430 e. The number of fused-ring (bicyclic) bond motifs is 1. The minimum absolute atomic E-state index is 0.0242. The third-order valence-corrected chi connectivity index (χ3v) is 4.32. The normalized spacial score (nSPS) is 17.0. The Balaban J connectivity index is 2.72. The van der Waals surface area contributed by atoms with Crippen LogP contribution in [0.2, 0.25) is 10.0 Å². The second kappa shape index (κ2) is 6.72. The molecule has 1 unspecified atom stereocenters. The van der Waals surface area contributed by atoms with Gasteiger partial charge in [0, 0.05) is 11.1 Å². The second-order valence-corrected chi connectivity index (χ2v) is 5.87. The summed E-state index contributed by atoms with van der Waals surface area (Å²) in [6.07, 6.45) is -6.11. The lowest BCUT2D eigenvalue weighted by atomic mass is 9.99. The highest BCUT2D eigenvalue weighted by atomic mass is 35.5. The quantitative estimate of drug-likeness (QED) is 0.803. The third-order valence-electron chi connectivity index (χ3n) is 3.36. The van der Waals surface area contributed by atoms with Gasteiger partial charge in [0.05, 0.1) is 22.2 Å². The van der Waals surface area contributed by atoms with Crippen LogP contribution in [0.15, 0.2) is 5.57 Å². The Kier molecular flexibility index (Phi) is 5.25. The van der Waals surface area contributed by atoms with Crippen LogP contribution < -0.4 is 9.47 Å². The van der Waals surface area contributed by atoms with E-state index >= 15 is 0 Å². The minimum Gasteiger partial charge on any atom is -0.489 e. The van der Waals surface area contributed by atoms with Gasteiger partial charge in [0.15, 0.2) is 11.5 Å². The van der Waals surface area contributed by atoms with Gasteiger partial charge in [-0.3, -0.25) is 0 Å². The number of ether oxygens (including phenoxy) is 2. The Hall–Kier alpha value is -1.60. The van der Waals surface area contributed by atoms with Crippen molar-refractivity contribution in [3.8, 4) is 11.5 Å². The van der Waals surface area contributed by atoms with Gasteiger partial charge in [0.25, 0.3) is 0 Å². The van der Waals surface area contributed by atoms with E-state index in [4.69, 9.17) is 37.8 Å². The number of carboxylic acid groups (broad SMARTS) is 1. The molecule has 1 aliphatic heterocycles. The fourth-order valence-corrected chi connectivity index (χ4v) is 2.70. The van der Waals surface area contributed by atoms with Crippen molar-refractivity contribution in [2.24, 2.45) is 0 Å². The number of hydrogen-bond donors (Lipinski definition) is 1. The average Bonchev–Trinajstić information content (AvgIpc) is 2.50. The van der Waals surface area contributed by atoms with Gasteiger partial charge in [-0.15, -0.1) is 0 Å². The second-order valence-electron chi connectivity index (χ2n) is 5.12. The van der Waals surface area contributed by atoms with E-state index in [2.05, 4.69) is 0 Å². The van der Waals surface area contributed by atoms with E-state index in [1.54, 1.807) is 0 Å². The van der Waals surface area contributed by atoms with Crippen LogP contribution in [0.3, 0.4) is 0 Å². The maximum Gasteiger partial charge on any atom is 0.430 e. The Morgan fingerprint density at radius 2 is 2.00 bits per heavy atom. The lowest BCUT2D eigenvalue weighted by Crippen LogP contribution is -2.40. The molecular formula is C15H13Cl2F3O4. The molecule has 132 valence electrons. The fourth-order valence-electron chi connectivity index (χ4n) is 2.23. The summed E-state index contributed by atoms with van der Waals surface area (Å²) in [5.41, 5.74) is -0.698. The van der Waals surface area contributed by atoms with Crippen molar-refractivity contribution in [3.05, 3.63) is 26.7 Å². The highest BCUT2D eigenvalue weighted by molar-refractivity contribution is 6.44. The molecule has 0 saturated heterocycles. The van der Waals surface area contributed by atoms with Gasteiger partial charge in [-0.2, -0.15) is 13.2 Å². The summed E-state index contributed by atoms with van der Waals surface area (Å²) in [7, 11) is 0. The molecule has 0 saturated carbocycles. The van der Waals surface area contributed by atoms with E-state index in [1.165, 1.54) is 6.92 Å². The number of rotatable bonds is 4. The van der Waals surface area contributed by atoms with Gasteiger partial charge in [-0.25, -0.2) is 4.79 Å². The van der Waals surface area contributed by atoms with E-state index < -0.39 is 23.8 Å². The molecule has 0 bridgehead atoms. The van der Waals surface area contributed by atoms with E-state index in [1.807, 2.05) is 6.92 Å². The highest BCUT2D eigenvalue weighted by Gasteiger charge is 2.49. The number of halogens is 5. The summed E-state index contributed by atoms with van der Waals surface area (Å²) < 4.78 is 50.0. The van der Waals surface area contributed by atoms with Crippen molar-refractivity contribution in [2.75, 3.05) is 6.61 Å². The molecule has 4 nitrogen and oxygen atoms in total. The molecule has 1 N–H and O–H groups in total. The van der Waals surface area contributed by atoms with Gasteiger partial charge >= 0.3 is 12.1 Å². The molecule has 24 heavy (non-hydrogen) atoms. The molecular weight excluding hydrogens is 372 g/mol. The molecule has 0 radical (unpaired) electrons. The first-order valence-electron chi connectivity index (χ1n) is 6.92. The number of benzene rings is 1. The Morgan fingerprint density at radius 3 is 2.50 bits per heavy atom. The van der Waals surface area contributed by atoms with Crippen LogP contribution >= 0.6 is 23.2 Å². The summed E-state index contributed by atoms with van der Waals surface area (Å²) in [4.78, 5) is 11.2. The summed E-state index contributed by atoms with van der Waals surface area (Å²) in [6.45, 7) is 3.57. The Bertz CT molecular complexity index is 714. The average molecular weight is 385 g/mol. The molecule has 0 fully saturated rings. The molecule has 0 aliphatic carbocycles. The van der Waals surface area contributed by atoms with Crippen molar-refractivity contribution in [1.82, 2.24) is 0 Å². The lowest BCUT2D eigenvalue weighted by Gasteiger charge is -2.29. The fraction of sp³-hybridized carbons (Fsp3) is 0.400. The van der Waals surface area contributed by atoms with Crippen molar-refractivity contribution < 1.29 is 32.5 Å². The monoisotopic (exact) mass is 384 g/mol. The van der Waals surface area contributed by atoms with Crippen LogP contribution in [0.1, 0.15) is 24.5 Å². The number of aliphatic carboxylic acids is 1. The molecule has 1 atom stereocenters. The van der Waals surface area contributed by atoms with Gasteiger partial charge in [-0.1, -0.05) is 30.1 Å². The van der Waals surface area contributed by atoms with Crippen LogP contribution in [-0.2, 0) is 4.79 Å². The van der Waals surface area contributed by atoms with Crippen LogP contribution in [0.5, 0.6) is 11.5 Å². The van der Waals surface area contributed by atoms with E-state index in [0.717, 1.165) is 6.08 Å². The third kappa shape index (κ3) is 3.28. The van der Waals surface area contributed by atoms with Gasteiger partial charge in [-0.05, 0) is 19.4 Å².